The van der Waals surface area contributed by atoms with Gasteiger partial charge in [-0.05, 0) is 46.3 Å². The second-order valence-corrected chi connectivity index (χ2v) is 6.39. The van der Waals surface area contributed by atoms with E-state index in [1.54, 1.807) is 0 Å². The minimum Gasteiger partial charge on any atom is -0.287 e. The predicted octanol–water partition coefficient (Wildman–Crippen LogP) is 4.94. The topological polar surface area (TPSA) is 34.9 Å². The third-order valence-corrected chi connectivity index (χ3v) is 4.71. The summed E-state index contributed by atoms with van der Waals surface area (Å²) in [7, 11) is 0. The molecule has 1 unspecified atom stereocenters. The lowest BCUT2D eigenvalue weighted by Crippen LogP contribution is -2.17. The van der Waals surface area contributed by atoms with Crippen LogP contribution in [0.15, 0.2) is 30.5 Å². The summed E-state index contributed by atoms with van der Waals surface area (Å²) in [6.07, 6.45) is -8.51. The summed E-state index contributed by atoms with van der Waals surface area (Å²) < 4.78 is 78.2. The lowest BCUT2D eigenvalue weighted by molar-refractivity contribution is -0.143. The fraction of sp³-hybridized carbons (Fsp3) is 0.167. The number of benzene rings is 1. The van der Waals surface area contributed by atoms with E-state index in [2.05, 4.69) is 5.10 Å². The zero-order chi connectivity index (χ0) is 17.4. The van der Waals surface area contributed by atoms with E-state index in [-0.39, 0.29) is 18.1 Å². The predicted molar refractivity (Wildman–Crippen MR) is 79.8 cm³/mol. The molecular formula is C12H6F6IN2OP. The number of hydrogen-bond donors (Lipinski definition) is 0. The quantitative estimate of drug-likeness (QED) is 0.278. The molecule has 23 heavy (non-hydrogen) atoms. The first kappa shape index (κ1) is 18.2. The molecule has 3 nitrogen and oxygen atoms in total. The van der Waals surface area contributed by atoms with Crippen molar-refractivity contribution in [2.75, 3.05) is 0 Å². The Morgan fingerprint density at radius 1 is 1.09 bits per heavy atom. The van der Waals surface area contributed by atoms with Crippen LogP contribution in [0, 0.1) is 0 Å². The molecule has 0 spiro atoms. The van der Waals surface area contributed by atoms with E-state index in [0.717, 1.165) is 0 Å². The molecule has 0 saturated heterocycles. The average Bonchev–Trinajstić information content (AvgIpc) is 2.93. The lowest BCUT2D eigenvalue weighted by Gasteiger charge is -2.14. The molecule has 1 atom stereocenters. The van der Waals surface area contributed by atoms with Crippen molar-refractivity contribution >= 4 is 34.2 Å². The molecular weight excluding hydrogens is 460 g/mol. The Morgan fingerprint density at radius 3 is 2.22 bits per heavy atom. The highest BCUT2D eigenvalue weighted by molar-refractivity contribution is 14.2. The van der Waals surface area contributed by atoms with Crippen LogP contribution in [0.25, 0.3) is 0 Å². The molecule has 124 valence electrons. The van der Waals surface area contributed by atoms with Crippen molar-refractivity contribution in [3.63, 3.8) is 0 Å². The Morgan fingerprint density at radius 2 is 1.74 bits per heavy atom. The van der Waals surface area contributed by atoms with Gasteiger partial charge in [-0.25, -0.2) is 4.45 Å². The van der Waals surface area contributed by atoms with Crippen LogP contribution in [0.4, 0.5) is 26.3 Å². The minimum absolute atomic E-state index is 0.0652. The molecule has 0 aliphatic heterocycles. The molecule has 0 aliphatic carbocycles. The zero-order valence-corrected chi connectivity index (χ0v) is 14.0. The number of alkyl halides is 6. The van der Waals surface area contributed by atoms with Crippen molar-refractivity contribution in [2.24, 2.45) is 0 Å². The first-order valence-corrected chi connectivity index (χ1v) is 9.85. The van der Waals surface area contributed by atoms with Crippen molar-refractivity contribution in [2.45, 2.75) is 12.4 Å². The van der Waals surface area contributed by atoms with E-state index in [1.807, 2.05) is 22.0 Å². The van der Waals surface area contributed by atoms with E-state index in [4.69, 9.17) is 0 Å². The highest BCUT2D eigenvalue weighted by Gasteiger charge is 2.39. The molecule has 0 bridgehead atoms. The Bertz CT molecular complexity index is 740. The van der Waals surface area contributed by atoms with Gasteiger partial charge in [-0.1, -0.05) is 0 Å². The Balaban J connectivity index is 2.55. The van der Waals surface area contributed by atoms with Gasteiger partial charge in [0.1, 0.15) is 5.69 Å². The third-order valence-electron chi connectivity index (χ3n) is 2.81. The number of ketones is 1. The van der Waals surface area contributed by atoms with Gasteiger partial charge in [-0.3, -0.25) is 4.79 Å². The highest BCUT2D eigenvalue weighted by Crippen LogP contribution is 2.38. The minimum atomic E-state index is -5.10. The van der Waals surface area contributed by atoms with Crippen LogP contribution in [0.1, 0.15) is 27.2 Å². The van der Waals surface area contributed by atoms with Crippen LogP contribution in [0.3, 0.4) is 0 Å². The normalized spacial score (nSPS) is 13.0. The van der Waals surface area contributed by atoms with Gasteiger partial charge in [0.25, 0.3) is 0 Å². The molecule has 0 aliphatic rings. The first-order chi connectivity index (χ1) is 10.5. The molecule has 1 aromatic heterocycles. The maximum Gasteiger partial charge on any atom is 0.417 e. The molecule has 2 rings (SSSR count). The van der Waals surface area contributed by atoms with E-state index in [1.165, 1.54) is 16.7 Å². The average molecular weight is 466 g/mol. The number of rotatable bonds is 3. The fourth-order valence-corrected chi connectivity index (χ4v) is 2.87. The fourth-order valence-electron chi connectivity index (χ4n) is 1.78. The number of nitrogens with zero attached hydrogens (tertiary/aromatic N) is 2. The number of aromatic nitrogens is 2. The maximum absolute atomic E-state index is 13.0. The molecule has 1 aromatic carbocycles. The van der Waals surface area contributed by atoms with Crippen molar-refractivity contribution in [1.82, 2.24) is 9.55 Å². The van der Waals surface area contributed by atoms with Crippen LogP contribution in [0.2, 0.25) is 0 Å². The monoisotopic (exact) mass is 466 g/mol. The zero-order valence-electron chi connectivity index (χ0n) is 10.8. The van der Waals surface area contributed by atoms with Crippen LogP contribution in [-0.2, 0) is 12.4 Å². The van der Waals surface area contributed by atoms with Crippen LogP contribution in [-0.4, -0.2) is 15.3 Å². The standard InChI is InChI=1S/C12H6F6IN2OP/c13-11(14,15)6-1-2-7(8(5-6)12(16,17)18)10(22)9-3-4-21(20-9)23-19/h1-5,23H. The van der Waals surface area contributed by atoms with Gasteiger partial charge in [0.05, 0.1) is 17.5 Å². The number of carbonyl (C=O) groups excluding carboxylic acids is 1. The summed E-state index contributed by atoms with van der Waals surface area (Å²) in [6, 6.07) is 2.12. The molecule has 2 aromatic rings. The Kier molecular flexibility index (Phi) is 5.05. The first-order valence-electron chi connectivity index (χ1n) is 5.79. The molecule has 0 radical (unpaired) electrons. The van der Waals surface area contributed by atoms with Gasteiger partial charge in [-0.2, -0.15) is 31.4 Å². The van der Waals surface area contributed by atoms with Gasteiger partial charge in [0.2, 0.25) is 5.78 Å². The van der Waals surface area contributed by atoms with Gasteiger partial charge >= 0.3 is 12.4 Å². The van der Waals surface area contributed by atoms with Crippen LogP contribution in [0.5, 0.6) is 0 Å². The maximum atomic E-state index is 13.0. The van der Waals surface area contributed by atoms with Gasteiger partial charge in [-0.15, -0.1) is 0 Å². The van der Waals surface area contributed by atoms with E-state index in [0.29, 0.717) is 12.1 Å². The molecule has 11 heteroatoms. The van der Waals surface area contributed by atoms with Gasteiger partial charge in [0.15, 0.2) is 0 Å². The van der Waals surface area contributed by atoms with Crippen molar-refractivity contribution < 1.29 is 31.1 Å². The smallest absolute Gasteiger partial charge is 0.287 e. The van der Waals surface area contributed by atoms with Gasteiger partial charge < -0.3 is 0 Å². The summed E-state index contributed by atoms with van der Waals surface area (Å²) in [5, 5.41) is 3.78. The molecule has 0 N–H and O–H groups in total. The summed E-state index contributed by atoms with van der Waals surface area (Å²) in [4.78, 5) is 12.1. The highest BCUT2D eigenvalue weighted by atomic mass is 127. The van der Waals surface area contributed by atoms with Crippen LogP contribution >= 0.6 is 28.4 Å². The largest absolute Gasteiger partial charge is 0.417 e. The number of carbonyl (C=O) groups is 1. The number of halogens is 7. The van der Waals surface area contributed by atoms with Crippen molar-refractivity contribution in [1.29, 1.82) is 0 Å². The molecule has 0 fully saturated rings. The number of hydrogen-bond acceptors (Lipinski definition) is 2. The lowest BCUT2D eigenvalue weighted by atomic mass is 9.98. The molecule has 1 heterocycles. The van der Waals surface area contributed by atoms with E-state index < -0.39 is 34.8 Å². The summed E-state index contributed by atoms with van der Waals surface area (Å²) in [5.41, 5.74) is -4.24. The van der Waals surface area contributed by atoms with Gasteiger partial charge in [0, 0.05) is 11.8 Å². The third kappa shape index (κ3) is 4.03. The van der Waals surface area contributed by atoms with Crippen LogP contribution < -0.4 is 0 Å². The van der Waals surface area contributed by atoms with Crippen molar-refractivity contribution in [3.05, 3.63) is 52.8 Å². The second kappa shape index (κ2) is 6.39. The summed E-state index contributed by atoms with van der Waals surface area (Å²) in [6.45, 7) is 0. The summed E-state index contributed by atoms with van der Waals surface area (Å²) in [5.74, 6) is -1.08. The Labute approximate surface area is 140 Å². The Hall–Kier alpha value is -1.16. The SMILES string of the molecule is O=C(c1ccn(PI)n1)c1ccc(C(F)(F)F)cc1C(F)(F)F. The molecule has 0 amide bonds. The van der Waals surface area contributed by atoms with E-state index in [9.17, 15) is 31.1 Å². The van der Waals surface area contributed by atoms with Crippen molar-refractivity contribution in [3.8, 4) is 0 Å². The molecule has 0 saturated carbocycles. The summed E-state index contributed by atoms with van der Waals surface area (Å²) >= 11 is 1.95. The van der Waals surface area contributed by atoms with E-state index >= 15 is 0 Å². The second-order valence-electron chi connectivity index (χ2n) is 4.32.